The highest BCUT2D eigenvalue weighted by Crippen LogP contribution is 2.12. The molecular weight excluding hydrogens is 263 g/mol. The molecule has 0 bridgehead atoms. The summed E-state index contributed by atoms with van der Waals surface area (Å²) in [6, 6.07) is 6.27. The molecule has 4 heteroatoms. The average Bonchev–Trinajstić information content (AvgIpc) is 2.20. The van der Waals surface area contributed by atoms with Crippen molar-refractivity contribution in [3.8, 4) is 0 Å². The molecule has 2 nitrogen and oxygen atoms in total. The zero-order chi connectivity index (χ0) is 11.3. The number of hydrogen-bond acceptors (Lipinski definition) is 1. The van der Waals surface area contributed by atoms with E-state index in [1.54, 1.807) is 12.1 Å². The molecule has 0 aliphatic heterocycles. The Morgan fingerprint density at radius 3 is 2.53 bits per heavy atom. The number of rotatable bonds is 5. The fraction of sp³-hybridized carbons (Fsp3) is 0.364. The number of carbonyl (C=O) groups is 1. The molecule has 0 radical (unpaired) electrons. The molecule has 0 spiro atoms. The Balaban J connectivity index is 2.32. The fourth-order valence-corrected chi connectivity index (χ4v) is 1.58. The van der Waals surface area contributed by atoms with Gasteiger partial charge >= 0.3 is 5.97 Å². The quantitative estimate of drug-likeness (QED) is 0.839. The molecule has 0 aliphatic rings. The minimum Gasteiger partial charge on any atom is -0.480 e. The van der Waals surface area contributed by atoms with Crippen LogP contribution in [0.15, 0.2) is 24.3 Å². The van der Waals surface area contributed by atoms with Crippen LogP contribution in [0.4, 0.5) is 4.39 Å². The van der Waals surface area contributed by atoms with Crippen molar-refractivity contribution >= 4 is 21.9 Å². The lowest BCUT2D eigenvalue weighted by Crippen LogP contribution is -2.12. The maximum absolute atomic E-state index is 12.6. The average molecular weight is 275 g/mol. The molecule has 0 aliphatic carbocycles. The second kappa shape index (κ2) is 5.85. The van der Waals surface area contributed by atoms with Crippen molar-refractivity contribution in [3.05, 3.63) is 35.6 Å². The van der Waals surface area contributed by atoms with Gasteiger partial charge < -0.3 is 5.11 Å². The molecule has 1 unspecified atom stereocenters. The molecule has 0 fully saturated rings. The summed E-state index contributed by atoms with van der Waals surface area (Å²) >= 11 is 3.07. The van der Waals surface area contributed by atoms with Crippen LogP contribution in [0.5, 0.6) is 0 Å². The van der Waals surface area contributed by atoms with E-state index in [1.165, 1.54) is 12.1 Å². The number of halogens is 2. The van der Waals surface area contributed by atoms with Gasteiger partial charge in [0.15, 0.2) is 0 Å². The number of carboxylic acids is 1. The Kier molecular flexibility index (Phi) is 4.75. The van der Waals surface area contributed by atoms with E-state index in [2.05, 4.69) is 15.9 Å². The smallest absolute Gasteiger partial charge is 0.317 e. The molecule has 1 rings (SSSR count). The third kappa shape index (κ3) is 4.42. The zero-order valence-electron chi connectivity index (χ0n) is 8.12. The maximum Gasteiger partial charge on any atom is 0.317 e. The van der Waals surface area contributed by atoms with Crippen LogP contribution in [0.3, 0.4) is 0 Å². The molecule has 0 heterocycles. The minimum absolute atomic E-state index is 0.248. The summed E-state index contributed by atoms with van der Waals surface area (Å²) in [5, 5.41) is 8.62. The predicted molar refractivity (Wildman–Crippen MR) is 59.7 cm³/mol. The van der Waals surface area contributed by atoms with Crippen molar-refractivity contribution in [2.75, 3.05) is 0 Å². The van der Waals surface area contributed by atoms with Crippen LogP contribution in [-0.4, -0.2) is 15.9 Å². The summed E-state index contributed by atoms with van der Waals surface area (Å²) in [5.41, 5.74) is 1.03. The summed E-state index contributed by atoms with van der Waals surface area (Å²) in [4.78, 5) is 10.0. The number of carboxylic acid groups (broad SMARTS) is 1. The van der Waals surface area contributed by atoms with Crippen LogP contribution in [0.2, 0.25) is 0 Å². The summed E-state index contributed by atoms with van der Waals surface area (Å²) < 4.78 is 12.6. The monoisotopic (exact) mass is 274 g/mol. The lowest BCUT2D eigenvalue weighted by Gasteiger charge is -2.04. The first-order valence-electron chi connectivity index (χ1n) is 4.71. The summed E-state index contributed by atoms with van der Waals surface area (Å²) in [6.45, 7) is 0. The SMILES string of the molecule is O=C(O)C(Br)CCCc1ccc(F)cc1. The molecule has 0 amide bonds. The first-order chi connectivity index (χ1) is 7.09. The number of hydrogen-bond donors (Lipinski definition) is 1. The summed E-state index contributed by atoms with van der Waals surface area (Å²) in [5.74, 6) is -1.09. The number of benzene rings is 1. The summed E-state index contributed by atoms with van der Waals surface area (Å²) in [6.07, 6.45) is 2.12. The minimum atomic E-state index is -0.839. The lowest BCUT2D eigenvalue weighted by atomic mass is 10.1. The van der Waals surface area contributed by atoms with Crippen molar-refractivity contribution in [1.82, 2.24) is 0 Å². The van der Waals surface area contributed by atoms with E-state index in [0.717, 1.165) is 18.4 Å². The van der Waals surface area contributed by atoms with Crippen LogP contribution in [0.1, 0.15) is 18.4 Å². The predicted octanol–water partition coefficient (Wildman–Crippen LogP) is 3.00. The van der Waals surface area contributed by atoms with Gasteiger partial charge in [0.25, 0.3) is 0 Å². The van der Waals surface area contributed by atoms with E-state index in [1.807, 2.05) is 0 Å². The van der Waals surface area contributed by atoms with E-state index >= 15 is 0 Å². The Hall–Kier alpha value is -0.900. The van der Waals surface area contributed by atoms with Gasteiger partial charge in [-0.3, -0.25) is 4.79 Å². The second-order valence-corrected chi connectivity index (χ2v) is 4.43. The Morgan fingerprint density at radius 1 is 1.40 bits per heavy atom. The van der Waals surface area contributed by atoms with E-state index in [-0.39, 0.29) is 5.82 Å². The molecule has 1 atom stereocenters. The van der Waals surface area contributed by atoms with Gasteiger partial charge in [-0.1, -0.05) is 28.1 Å². The van der Waals surface area contributed by atoms with Crippen molar-refractivity contribution in [2.24, 2.45) is 0 Å². The van der Waals surface area contributed by atoms with Gasteiger partial charge in [0, 0.05) is 0 Å². The van der Waals surface area contributed by atoms with E-state index in [0.29, 0.717) is 6.42 Å². The van der Waals surface area contributed by atoms with Crippen LogP contribution in [0.25, 0.3) is 0 Å². The molecular formula is C11H12BrFO2. The van der Waals surface area contributed by atoms with Gasteiger partial charge in [-0.05, 0) is 37.0 Å². The van der Waals surface area contributed by atoms with Gasteiger partial charge in [-0.25, -0.2) is 4.39 Å². The molecule has 1 aromatic carbocycles. The Labute approximate surface area is 96.2 Å². The van der Waals surface area contributed by atoms with Crippen LogP contribution in [-0.2, 0) is 11.2 Å². The largest absolute Gasteiger partial charge is 0.480 e. The third-order valence-corrected chi connectivity index (χ3v) is 2.95. The van der Waals surface area contributed by atoms with E-state index in [4.69, 9.17) is 5.11 Å². The number of aliphatic carboxylic acids is 1. The molecule has 1 N–H and O–H groups in total. The van der Waals surface area contributed by atoms with Crippen molar-refractivity contribution in [1.29, 1.82) is 0 Å². The molecule has 0 aromatic heterocycles. The maximum atomic E-state index is 12.6. The molecule has 1 aromatic rings. The number of alkyl halides is 1. The van der Waals surface area contributed by atoms with Gasteiger partial charge in [-0.15, -0.1) is 0 Å². The first-order valence-corrected chi connectivity index (χ1v) is 5.62. The van der Waals surface area contributed by atoms with Gasteiger partial charge in [0.05, 0.1) is 0 Å². The number of aryl methyl sites for hydroxylation is 1. The van der Waals surface area contributed by atoms with Crippen LogP contribution >= 0.6 is 15.9 Å². The van der Waals surface area contributed by atoms with Crippen molar-refractivity contribution in [2.45, 2.75) is 24.1 Å². The van der Waals surface area contributed by atoms with Crippen molar-refractivity contribution < 1.29 is 14.3 Å². The first kappa shape index (κ1) is 12.2. The van der Waals surface area contributed by atoms with Gasteiger partial charge in [0.2, 0.25) is 0 Å². The topological polar surface area (TPSA) is 37.3 Å². The third-order valence-electron chi connectivity index (χ3n) is 2.10. The Morgan fingerprint density at radius 2 is 2.00 bits per heavy atom. The molecule has 0 saturated carbocycles. The van der Waals surface area contributed by atoms with E-state index < -0.39 is 10.8 Å². The molecule has 15 heavy (non-hydrogen) atoms. The van der Waals surface area contributed by atoms with Gasteiger partial charge in [0.1, 0.15) is 10.6 Å². The highest BCUT2D eigenvalue weighted by Gasteiger charge is 2.11. The van der Waals surface area contributed by atoms with Crippen LogP contribution in [0, 0.1) is 5.82 Å². The highest BCUT2D eigenvalue weighted by atomic mass is 79.9. The van der Waals surface area contributed by atoms with E-state index in [9.17, 15) is 9.18 Å². The normalized spacial score (nSPS) is 12.4. The zero-order valence-corrected chi connectivity index (χ0v) is 9.71. The second-order valence-electron chi connectivity index (χ2n) is 3.32. The summed E-state index contributed by atoms with van der Waals surface area (Å²) in [7, 11) is 0. The van der Waals surface area contributed by atoms with Gasteiger partial charge in [-0.2, -0.15) is 0 Å². The highest BCUT2D eigenvalue weighted by molar-refractivity contribution is 9.10. The fourth-order valence-electron chi connectivity index (χ4n) is 1.26. The molecule has 0 saturated heterocycles. The lowest BCUT2D eigenvalue weighted by molar-refractivity contribution is -0.136. The van der Waals surface area contributed by atoms with Crippen LogP contribution < -0.4 is 0 Å². The van der Waals surface area contributed by atoms with Crippen molar-refractivity contribution in [3.63, 3.8) is 0 Å². The Bertz CT molecular complexity index is 324. The standard InChI is InChI=1S/C11H12BrFO2/c12-10(11(14)15)3-1-2-8-4-6-9(13)7-5-8/h4-7,10H,1-3H2,(H,14,15). The molecule has 82 valence electrons.